The number of para-hydroxylation sites is 1. The zero-order valence-electron chi connectivity index (χ0n) is 11.4. The first-order valence-corrected chi connectivity index (χ1v) is 7.41. The van der Waals surface area contributed by atoms with Crippen molar-refractivity contribution in [3.8, 4) is 0 Å². The number of hydrogen-bond acceptors (Lipinski definition) is 2. The van der Waals surface area contributed by atoms with Crippen molar-refractivity contribution in [3.63, 3.8) is 0 Å². The van der Waals surface area contributed by atoms with E-state index in [1.807, 2.05) is 0 Å². The van der Waals surface area contributed by atoms with Crippen molar-refractivity contribution in [1.29, 1.82) is 0 Å². The van der Waals surface area contributed by atoms with Crippen molar-refractivity contribution >= 4 is 5.69 Å². The van der Waals surface area contributed by atoms with Crippen LogP contribution in [-0.2, 0) is 6.54 Å². The van der Waals surface area contributed by atoms with Crippen LogP contribution in [0.5, 0.6) is 0 Å². The average molecular weight is 244 g/mol. The molecule has 2 nitrogen and oxygen atoms in total. The lowest BCUT2D eigenvalue weighted by Gasteiger charge is -2.40. The third kappa shape index (κ3) is 2.26. The van der Waals surface area contributed by atoms with Crippen molar-refractivity contribution in [3.05, 3.63) is 29.8 Å². The van der Waals surface area contributed by atoms with E-state index in [1.165, 1.54) is 36.9 Å². The molecular weight excluding hydrogens is 220 g/mol. The summed E-state index contributed by atoms with van der Waals surface area (Å²) >= 11 is 0. The third-order valence-electron chi connectivity index (χ3n) is 4.61. The maximum atomic E-state index is 3.55. The van der Waals surface area contributed by atoms with Crippen LogP contribution in [0.4, 0.5) is 5.69 Å². The molecule has 0 radical (unpaired) electrons. The molecular formula is C16H24N2. The lowest BCUT2D eigenvalue weighted by molar-refractivity contribution is 0.314. The van der Waals surface area contributed by atoms with E-state index in [4.69, 9.17) is 0 Å². The highest BCUT2D eigenvalue weighted by Crippen LogP contribution is 2.33. The highest BCUT2D eigenvalue weighted by molar-refractivity contribution is 5.55. The molecule has 2 heteroatoms. The molecule has 1 fully saturated rings. The number of rotatable bonds is 1. The average Bonchev–Trinajstić information content (AvgIpc) is 2.62. The zero-order valence-corrected chi connectivity index (χ0v) is 11.4. The fraction of sp³-hybridized carbons (Fsp3) is 0.625. The minimum atomic E-state index is 0.750. The molecule has 3 rings (SSSR count). The molecule has 0 saturated heterocycles. The van der Waals surface area contributed by atoms with Gasteiger partial charge in [-0.2, -0.15) is 0 Å². The minimum Gasteiger partial charge on any atom is -0.367 e. The summed E-state index contributed by atoms with van der Waals surface area (Å²) in [6.07, 6.45) is 5.60. The predicted molar refractivity (Wildman–Crippen MR) is 76.9 cm³/mol. The molecule has 2 aliphatic rings. The number of anilines is 1. The second-order valence-electron chi connectivity index (χ2n) is 5.83. The molecule has 0 bridgehead atoms. The van der Waals surface area contributed by atoms with Gasteiger partial charge in [0.1, 0.15) is 0 Å². The highest BCUT2D eigenvalue weighted by atomic mass is 15.2. The van der Waals surface area contributed by atoms with Crippen LogP contribution in [0.2, 0.25) is 0 Å². The molecule has 0 spiro atoms. The Bertz CT molecular complexity index is 402. The monoisotopic (exact) mass is 244 g/mol. The predicted octanol–water partition coefficient (Wildman–Crippen LogP) is 3.17. The maximum Gasteiger partial charge on any atom is 0.0414 e. The molecule has 1 saturated carbocycles. The Balaban J connectivity index is 1.91. The molecule has 98 valence electrons. The van der Waals surface area contributed by atoms with Crippen LogP contribution in [0.1, 0.15) is 38.2 Å². The van der Waals surface area contributed by atoms with Crippen molar-refractivity contribution in [2.45, 2.75) is 45.2 Å². The second kappa shape index (κ2) is 5.31. The molecule has 2 unspecified atom stereocenters. The normalized spacial score (nSPS) is 28.6. The number of fused-ring (bicyclic) bond motifs is 1. The van der Waals surface area contributed by atoms with Crippen LogP contribution in [0.15, 0.2) is 24.3 Å². The quantitative estimate of drug-likeness (QED) is 0.816. The Hall–Kier alpha value is -1.02. The van der Waals surface area contributed by atoms with Gasteiger partial charge < -0.3 is 10.2 Å². The van der Waals surface area contributed by atoms with Gasteiger partial charge in [-0.25, -0.2) is 0 Å². The summed E-state index contributed by atoms with van der Waals surface area (Å²) in [4.78, 5) is 2.68. The van der Waals surface area contributed by atoms with Gasteiger partial charge in [0.2, 0.25) is 0 Å². The van der Waals surface area contributed by atoms with Gasteiger partial charge in [-0.3, -0.25) is 0 Å². The molecule has 1 aliphatic carbocycles. The minimum absolute atomic E-state index is 0.750. The Morgan fingerprint density at radius 1 is 1.17 bits per heavy atom. The van der Waals surface area contributed by atoms with E-state index < -0.39 is 0 Å². The largest absolute Gasteiger partial charge is 0.367 e. The number of nitrogens with one attached hydrogen (secondary N) is 1. The molecule has 2 atom stereocenters. The first-order valence-electron chi connectivity index (χ1n) is 7.41. The van der Waals surface area contributed by atoms with Crippen molar-refractivity contribution in [2.24, 2.45) is 5.92 Å². The summed E-state index contributed by atoms with van der Waals surface area (Å²) in [6, 6.07) is 9.68. The summed E-state index contributed by atoms with van der Waals surface area (Å²) in [6.45, 7) is 5.72. The molecule has 1 aromatic carbocycles. The van der Waals surface area contributed by atoms with Crippen LogP contribution in [0.3, 0.4) is 0 Å². The second-order valence-corrected chi connectivity index (χ2v) is 5.83. The molecule has 1 aliphatic heterocycles. The SMILES string of the molecule is CC1CCCCC1N1CCNCc2ccccc21. The van der Waals surface area contributed by atoms with Gasteiger partial charge in [0.05, 0.1) is 0 Å². The van der Waals surface area contributed by atoms with Crippen LogP contribution >= 0.6 is 0 Å². The van der Waals surface area contributed by atoms with E-state index in [0.29, 0.717) is 0 Å². The topological polar surface area (TPSA) is 15.3 Å². The van der Waals surface area contributed by atoms with Gasteiger partial charge in [-0.05, 0) is 30.4 Å². The number of hydrogen-bond donors (Lipinski definition) is 1. The van der Waals surface area contributed by atoms with E-state index in [9.17, 15) is 0 Å². The van der Waals surface area contributed by atoms with Crippen LogP contribution in [0.25, 0.3) is 0 Å². The lowest BCUT2D eigenvalue weighted by atomic mass is 9.84. The van der Waals surface area contributed by atoms with Crippen molar-refractivity contribution in [1.82, 2.24) is 5.32 Å². The highest BCUT2D eigenvalue weighted by Gasteiger charge is 2.28. The summed E-state index contributed by atoms with van der Waals surface area (Å²) < 4.78 is 0. The van der Waals surface area contributed by atoms with Gasteiger partial charge in [0.25, 0.3) is 0 Å². The van der Waals surface area contributed by atoms with E-state index in [2.05, 4.69) is 41.4 Å². The first-order chi connectivity index (χ1) is 8.86. The summed E-state index contributed by atoms with van der Waals surface area (Å²) in [5.74, 6) is 0.838. The molecule has 18 heavy (non-hydrogen) atoms. The number of nitrogens with zero attached hydrogens (tertiary/aromatic N) is 1. The van der Waals surface area contributed by atoms with Crippen LogP contribution in [-0.4, -0.2) is 19.1 Å². The lowest BCUT2D eigenvalue weighted by Crippen LogP contribution is -2.43. The summed E-state index contributed by atoms with van der Waals surface area (Å²) in [7, 11) is 0. The molecule has 0 aromatic heterocycles. The Morgan fingerprint density at radius 2 is 2.00 bits per heavy atom. The summed E-state index contributed by atoms with van der Waals surface area (Å²) in [5.41, 5.74) is 2.94. The van der Waals surface area contributed by atoms with Crippen LogP contribution in [0, 0.1) is 5.92 Å². The zero-order chi connectivity index (χ0) is 12.4. The van der Waals surface area contributed by atoms with E-state index in [1.54, 1.807) is 0 Å². The Morgan fingerprint density at radius 3 is 2.89 bits per heavy atom. The first kappa shape index (κ1) is 12.0. The Kier molecular flexibility index (Phi) is 3.55. The standard InChI is InChI=1S/C16H24N2/c1-13-6-2-4-8-15(13)18-11-10-17-12-14-7-3-5-9-16(14)18/h3,5,7,9,13,15,17H,2,4,6,8,10-12H2,1H3. The smallest absolute Gasteiger partial charge is 0.0414 e. The van der Waals surface area contributed by atoms with Gasteiger partial charge in [-0.1, -0.05) is 38.0 Å². The van der Waals surface area contributed by atoms with E-state index in [-0.39, 0.29) is 0 Å². The fourth-order valence-electron chi connectivity index (χ4n) is 3.59. The van der Waals surface area contributed by atoms with Crippen molar-refractivity contribution in [2.75, 3.05) is 18.0 Å². The molecule has 1 N–H and O–H groups in total. The summed E-state index contributed by atoms with van der Waals surface area (Å²) in [5, 5.41) is 3.55. The molecule has 1 heterocycles. The van der Waals surface area contributed by atoms with E-state index >= 15 is 0 Å². The van der Waals surface area contributed by atoms with Gasteiger partial charge >= 0.3 is 0 Å². The molecule has 1 aromatic rings. The third-order valence-corrected chi connectivity index (χ3v) is 4.61. The molecule has 0 amide bonds. The van der Waals surface area contributed by atoms with Crippen LogP contribution < -0.4 is 10.2 Å². The number of benzene rings is 1. The van der Waals surface area contributed by atoms with Gasteiger partial charge in [-0.15, -0.1) is 0 Å². The van der Waals surface area contributed by atoms with Gasteiger partial charge in [0.15, 0.2) is 0 Å². The van der Waals surface area contributed by atoms with E-state index in [0.717, 1.165) is 31.6 Å². The van der Waals surface area contributed by atoms with Gasteiger partial charge in [0, 0.05) is 31.4 Å². The fourth-order valence-corrected chi connectivity index (χ4v) is 3.59. The Labute approximate surface area is 110 Å². The maximum absolute atomic E-state index is 3.55. The van der Waals surface area contributed by atoms with Crippen molar-refractivity contribution < 1.29 is 0 Å².